The van der Waals surface area contributed by atoms with E-state index in [0.717, 1.165) is 40.2 Å². The fourth-order valence-electron chi connectivity index (χ4n) is 5.96. The van der Waals surface area contributed by atoms with Crippen LogP contribution in [0.3, 0.4) is 0 Å². The Labute approximate surface area is 193 Å². The molecule has 2 aliphatic carbocycles. The Kier molecular flexibility index (Phi) is 4.62. The van der Waals surface area contributed by atoms with Crippen LogP contribution in [0.15, 0.2) is 59.7 Å². The van der Waals surface area contributed by atoms with E-state index in [1.165, 1.54) is 32.1 Å². The quantitative estimate of drug-likeness (QED) is 0.496. The first-order valence-electron chi connectivity index (χ1n) is 11.7. The molecule has 32 heavy (non-hydrogen) atoms. The number of benzene rings is 2. The van der Waals surface area contributed by atoms with Crippen molar-refractivity contribution < 1.29 is 9.53 Å². The first-order chi connectivity index (χ1) is 15.6. The number of esters is 1. The molecule has 2 unspecified atom stereocenters. The van der Waals surface area contributed by atoms with Gasteiger partial charge in [-0.15, -0.1) is 0 Å². The van der Waals surface area contributed by atoms with E-state index in [9.17, 15) is 4.79 Å². The number of carbonyl (C=O) groups is 1. The number of ether oxygens (including phenoxy) is 1. The first-order valence-corrected chi connectivity index (χ1v) is 12.1. The van der Waals surface area contributed by atoms with Gasteiger partial charge in [-0.2, -0.15) is 0 Å². The molecule has 5 heteroatoms. The SMILES string of the molecule is CC1CC=CC2=C1C1(OC2=O)c2ccc(NC3CCCCC3)cc2Nc2ccc(Cl)cc21. The second-order valence-electron chi connectivity index (χ2n) is 9.49. The van der Waals surface area contributed by atoms with Crippen LogP contribution < -0.4 is 10.6 Å². The van der Waals surface area contributed by atoms with Gasteiger partial charge < -0.3 is 15.4 Å². The van der Waals surface area contributed by atoms with Crippen LogP contribution in [-0.4, -0.2) is 12.0 Å². The number of nitrogens with one attached hydrogen (secondary N) is 2. The molecule has 1 saturated carbocycles. The number of hydrogen-bond donors (Lipinski definition) is 2. The van der Waals surface area contributed by atoms with Crippen molar-refractivity contribution >= 4 is 34.6 Å². The molecule has 2 aromatic rings. The Balaban J connectivity index is 1.52. The van der Waals surface area contributed by atoms with Gasteiger partial charge in [0.05, 0.1) is 5.57 Å². The third-order valence-corrected chi connectivity index (χ3v) is 7.64. The van der Waals surface area contributed by atoms with E-state index in [4.69, 9.17) is 16.3 Å². The van der Waals surface area contributed by atoms with Crippen LogP contribution in [0, 0.1) is 5.92 Å². The second kappa shape index (κ2) is 7.41. The van der Waals surface area contributed by atoms with Gasteiger partial charge in [0.2, 0.25) is 0 Å². The van der Waals surface area contributed by atoms with Crippen molar-refractivity contribution in [3.63, 3.8) is 0 Å². The Morgan fingerprint density at radius 1 is 1.06 bits per heavy atom. The van der Waals surface area contributed by atoms with Gasteiger partial charge in [0.25, 0.3) is 0 Å². The molecule has 2 heterocycles. The van der Waals surface area contributed by atoms with Crippen molar-refractivity contribution in [1.82, 2.24) is 0 Å². The molecule has 2 N–H and O–H groups in total. The summed E-state index contributed by atoms with van der Waals surface area (Å²) in [4.78, 5) is 13.1. The van der Waals surface area contributed by atoms with E-state index in [1.54, 1.807) is 0 Å². The highest BCUT2D eigenvalue weighted by Crippen LogP contribution is 2.58. The second-order valence-corrected chi connectivity index (χ2v) is 9.93. The minimum absolute atomic E-state index is 0.194. The third-order valence-electron chi connectivity index (χ3n) is 7.41. The van der Waals surface area contributed by atoms with Crippen molar-refractivity contribution in [1.29, 1.82) is 0 Å². The predicted molar refractivity (Wildman–Crippen MR) is 128 cm³/mol. The summed E-state index contributed by atoms with van der Waals surface area (Å²) in [5, 5.41) is 7.95. The van der Waals surface area contributed by atoms with Gasteiger partial charge in [-0.3, -0.25) is 0 Å². The Morgan fingerprint density at radius 2 is 1.91 bits per heavy atom. The molecule has 0 aromatic heterocycles. The molecule has 6 rings (SSSR count). The minimum atomic E-state index is -0.944. The number of anilines is 3. The van der Waals surface area contributed by atoms with E-state index >= 15 is 0 Å². The Bertz CT molecular complexity index is 1180. The molecule has 0 bridgehead atoms. The highest BCUT2D eigenvalue weighted by molar-refractivity contribution is 6.30. The van der Waals surface area contributed by atoms with Crippen LogP contribution in [0.5, 0.6) is 0 Å². The minimum Gasteiger partial charge on any atom is -0.441 e. The smallest absolute Gasteiger partial charge is 0.339 e. The molecule has 4 nitrogen and oxygen atoms in total. The lowest BCUT2D eigenvalue weighted by molar-refractivity contribution is -0.144. The van der Waals surface area contributed by atoms with Gasteiger partial charge in [0.15, 0.2) is 5.60 Å². The molecule has 2 aromatic carbocycles. The molecule has 0 saturated heterocycles. The largest absolute Gasteiger partial charge is 0.441 e. The Morgan fingerprint density at radius 3 is 2.75 bits per heavy atom. The molecule has 4 aliphatic rings. The molecule has 164 valence electrons. The fourth-order valence-corrected chi connectivity index (χ4v) is 6.13. The van der Waals surface area contributed by atoms with Gasteiger partial charge >= 0.3 is 5.97 Å². The predicted octanol–water partition coefficient (Wildman–Crippen LogP) is 6.83. The summed E-state index contributed by atoms with van der Waals surface area (Å²) in [6.07, 6.45) is 11.2. The highest BCUT2D eigenvalue weighted by Gasteiger charge is 2.55. The molecule has 2 atom stereocenters. The maximum atomic E-state index is 13.1. The number of hydrogen-bond acceptors (Lipinski definition) is 4. The van der Waals surface area contributed by atoms with E-state index in [1.807, 2.05) is 24.3 Å². The molecule has 0 radical (unpaired) electrons. The highest BCUT2D eigenvalue weighted by atomic mass is 35.5. The van der Waals surface area contributed by atoms with Crippen LogP contribution in [0.25, 0.3) is 0 Å². The lowest BCUT2D eigenvalue weighted by Gasteiger charge is -2.41. The average molecular weight is 447 g/mol. The van der Waals surface area contributed by atoms with Crippen LogP contribution in [0.2, 0.25) is 5.02 Å². The first kappa shape index (κ1) is 19.9. The van der Waals surface area contributed by atoms with E-state index in [2.05, 4.69) is 41.8 Å². The maximum absolute atomic E-state index is 13.1. The van der Waals surface area contributed by atoms with Gasteiger partial charge in [-0.25, -0.2) is 4.79 Å². The van der Waals surface area contributed by atoms with Gasteiger partial charge in [-0.05, 0) is 55.5 Å². The van der Waals surface area contributed by atoms with E-state index < -0.39 is 5.60 Å². The third kappa shape index (κ3) is 2.92. The summed E-state index contributed by atoms with van der Waals surface area (Å²) in [6.45, 7) is 2.17. The number of rotatable bonds is 2. The summed E-state index contributed by atoms with van der Waals surface area (Å²) in [5.41, 5.74) is 5.68. The summed E-state index contributed by atoms with van der Waals surface area (Å²) >= 11 is 6.44. The summed E-state index contributed by atoms with van der Waals surface area (Å²) in [5.74, 6) is -0.0646. The van der Waals surface area contributed by atoms with Crippen molar-refractivity contribution in [2.24, 2.45) is 5.92 Å². The van der Waals surface area contributed by atoms with E-state index in [-0.39, 0.29) is 11.9 Å². The van der Waals surface area contributed by atoms with Crippen molar-refractivity contribution in [2.45, 2.75) is 57.1 Å². The topological polar surface area (TPSA) is 50.4 Å². The zero-order chi connectivity index (χ0) is 21.9. The molecule has 1 spiro atoms. The van der Waals surface area contributed by atoms with Crippen molar-refractivity contribution in [2.75, 3.05) is 10.6 Å². The van der Waals surface area contributed by atoms with Crippen LogP contribution in [0.4, 0.5) is 17.1 Å². The van der Waals surface area contributed by atoms with Crippen LogP contribution in [-0.2, 0) is 15.1 Å². The van der Waals surface area contributed by atoms with Gasteiger partial charge in [0, 0.05) is 44.8 Å². The molecular formula is C27H27ClN2O2. The maximum Gasteiger partial charge on any atom is 0.339 e. The standard InChI is InChI=1S/C27H27ClN2O2/c1-16-6-5-9-20-25(16)27(32-26(20)31)21-12-11-19(29-18-7-3-2-4-8-18)15-24(21)30-23-13-10-17(28)14-22(23)27/h5,9-16,18,29-30H,2-4,6-8H2,1H3. The number of fused-ring (bicyclic) bond motifs is 5. The number of allylic oxidation sites excluding steroid dienone is 1. The average Bonchev–Trinajstić information content (AvgIpc) is 3.09. The molecular weight excluding hydrogens is 420 g/mol. The molecule has 2 aliphatic heterocycles. The van der Waals surface area contributed by atoms with E-state index in [0.29, 0.717) is 16.6 Å². The summed E-state index contributed by atoms with van der Waals surface area (Å²) in [6, 6.07) is 12.7. The molecule has 0 amide bonds. The summed E-state index contributed by atoms with van der Waals surface area (Å²) < 4.78 is 6.32. The van der Waals surface area contributed by atoms with Crippen LogP contribution >= 0.6 is 11.6 Å². The monoisotopic (exact) mass is 446 g/mol. The van der Waals surface area contributed by atoms with Gasteiger partial charge in [-0.1, -0.05) is 56.0 Å². The normalized spacial score (nSPS) is 26.3. The van der Waals surface area contributed by atoms with Crippen molar-refractivity contribution in [3.8, 4) is 0 Å². The zero-order valence-electron chi connectivity index (χ0n) is 18.2. The van der Waals surface area contributed by atoms with Gasteiger partial charge in [0.1, 0.15) is 0 Å². The number of halogens is 1. The van der Waals surface area contributed by atoms with Crippen LogP contribution in [0.1, 0.15) is 56.6 Å². The molecule has 1 fully saturated rings. The number of carbonyl (C=O) groups excluding carboxylic acids is 1. The Hall–Kier alpha value is -2.72. The summed E-state index contributed by atoms with van der Waals surface area (Å²) in [7, 11) is 0. The lowest BCUT2D eigenvalue weighted by Crippen LogP contribution is -2.37. The fraction of sp³-hybridized carbons (Fsp3) is 0.370. The zero-order valence-corrected chi connectivity index (χ0v) is 19.0. The lowest BCUT2D eigenvalue weighted by atomic mass is 9.70. The van der Waals surface area contributed by atoms with Crippen molar-refractivity contribution in [3.05, 3.63) is 75.8 Å².